The Labute approximate surface area is 125 Å². The summed E-state index contributed by atoms with van der Waals surface area (Å²) in [6.45, 7) is 6.43. The maximum absolute atomic E-state index is 12.1. The van der Waals surface area contributed by atoms with Crippen molar-refractivity contribution in [3.8, 4) is 0 Å². The Morgan fingerprint density at radius 3 is 2.86 bits per heavy atom. The fourth-order valence-corrected chi connectivity index (χ4v) is 2.54. The molecule has 1 aromatic rings. The van der Waals surface area contributed by atoms with Crippen LogP contribution in [0.5, 0.6) is 0 Å². The summed E-state index contributed by atoms with van der Waals surface area (Å²) in [4.78, 5) is 25.3. The topological polar surface area (TPSA) is 61.4 Å². The smallest absolute Gasteiger partial charge is 0.228 e. The van der Waals surface area contributed by atoms with E-state index < -0.39 is 0 Å². The molecule has 0 unspecified atom stereocenters. The molecule has 0 aliphatic carbocycles. The minimum absolute atomic E-state index is 0.0537. The van der Waals surface area contributed by atoms with Gasteiger partial charge in [0.05, 0.1) is 5.92 Å². The fraction of sp³-hybridized carbons (Fsp3) is 0.500. The normalized spacial score (nSPS) is 17.5. The third-order valence-corrected chi connectivity index (χ3v) is 3.83. The van der Waals surface area contributed by atoms with Gasteiger partial charge in [-0.25, -0.2) is 0 Å². The van der Waals surface area contributed by atoms with E-state index in [1.807, 2.05) is 31.2 Å². The number of nitrogens with one attached hydrogen (secondary N) is 2. The van der Waals surface area contributed by atoms with Gasteiger partial charge in [0.1, 0.15) is 0 Å². The lowest BCUT2D eigenvalue weighted by Gasteiger charge is -2.19. The lowest BCUT2D eigenvalue weighted by Crippen LogP contribution is -2.28. The molecule has 2 amide bonds. The molecule has 1 saturated heterocycles. The second-order valence-electron chi connectivity index (χ2n) is 5.41. The highest BCUT2D eigenvalue weighted by Crippen LogP contribution is 2.16. The minimum Gasteiger partial charge on any atom is -0.339 e. The molecule has 1 heterocycles. The summed E-state index contributed by atoms with van der Waals surface area (Å²) < 4.78 is 0. The quantitative estimate of drug-likeness (QED) is 0.865. The van der Waals surface area contributed by atoms with Crippen molar-refractivity contribution in [1.29, 1.82) is 0 Å². The number of benzene rings is 1. The largest absolute Gasteiger partial charge is 0.339 e. The number of hydrogen-bond acceptors (Lipinski definition) is 3. The second kappa shape index (κ2) is 7.22. The number of hydrogen-bond donors (Lipinski definition) is 2. The number of rotatable bonds is 5. The van der Waals surface area contributed by atoms with Crippen molar-refractivity contribution in [1.82, 2.24) is 10.2 Å². The first-order valence-electron chi connectivity index (χ1n) is 7.46. The van der Waals surface area contributed by atoms with Crippen LogP contribution in [0.15, 0.2) is 24.3 Å². The van der Waals surface area contributed by atoms with E-state index in [2.05, 4.69) is 10.6 Å². The molecule has 0 aromatic heterocycles. The molecule has 114 valence electrons. The first-order valence-corrected chi connectivity index (χ1v) is 7.46. The van der Waals surface area contributed by atoms with Gasteiger partial charge in [-0.05, 0) is 37.6 Å². The number of anilines is 1. The van der Waals surface area contributed by atoms with Crippen molar-refractivity contribution in [2.75, 3.05) is 25.0 Å². The van der Waals surface area contributed by atoms with Crippen LogP contribution >= 0.6 is 0 Å². The lowest BCUT2D eigenvalue weighted by molar-refractivity contribution is -0.129. The van der Waals surface area contributed by atoms with Gasteiger partial charge >= 0.3 is 0 Å². The molecule has 2 N–H and O–H groups in total. The van der Waals surface area contributed by atoms with Crippen LogP contribution in [0, 0.1) is 5.92 Å². The molecule has 0 radical (unpaired) electrons. The van der Waals surface area contributed by atoms with E-state index in [1.165, 1.54) is 0 Å². The summed E-state index contributed by atoms with van der Waals surface area (Å²) in [5.41, 5.74) is 1.82. The number of carbonyl (C=O) groups is 2. The Balaban J connectivity index is 2.00. The first-order chi connectivity index (χ1) is 10.1. The average Bonchev–Trinajstić information content (AvgIpc) is 2.99. The molecule has 1 aliphatic heterocycles. The number of nitrogens with zero attached hydrogens (tertiary/aromatic N) is 1. The van der Waals surface area contributed by atoms with Crippen molar-refractivity contribution in [3.63, 3.8) is 0 Å². The Morgan fingerprint density at radius 1 is 1.43 bits per heavy atom. The van der Waals surface area contributed by atoms with Gasteiger partial charge in [0.2, 0.25) is 11.8 Å². The third kappa shape index (κ3) is 4.29. The Hall–Kier alpha value is -1.88. The van der Waals surface area contributed by atoms with Gasteiger partial charge in [-0.15, -0.1) is 0 Å². The molecular formula is C16H23N3O2. The van der Waals surface area contributed by atoms with E-state index >= 15 is 0 Å². The van der Waals surface area contributed by atoms with Crippen LogP contribution in [0.25, 0.3) is 0 Å². The van der Waals surface area contributed by atoms with Crippen LogP contribution in [0.3, 0.4) is 0 Å². The zero-order valence-electron chi connectivity index (χ0n) is 12.7. The lowest BCUT2D eigenvalue weighted by atomic mass is 10.1. The van der Waals surface area contributed by atoms with E-state index in [-0.39, 0.29) is 17.7 Å². The highest BCUT2D eigenvalue weighted by atomic mass is 16.2. The standard InChI is InChI=1S/C16H23N3O2/c1-3-19(12(2)20)11-13-5-4-6-15(9-13)18-16(21)14-7-8-17-10-14/h4-6,9,14,17H,3,7-8,10-11H2,1-2H3,(H,18,21)/t14-/m1/s1. The van der Waals surface area contributed by atoms with E-state index in [4.69, 9.17) is 0 Å². The van der Waals surface area contributed by atoms with Crippen molar-refractivity contribution in [2.24, 2.45) is 5.92 Å². The summed E-state index contributed by atoms with van der Waals surface area (Å²) in [6, 6.07) is 7.70. The monoisotopic (exact) mass is 289 g/mol. The van der Waals surface area contributed by atoms with Crippen LogP contribution in [0.2, 0.25) is 0 Å². The van der Waals surface area contributed by atoms with Crippen molar-refractivity contribution in [2.45, 2.75) is 26.8 Å². The van der Waals surface area contributed by atoms with Crippen LogP contribution < -0.4 is 10.6 Å². The van der Waals surface area contributed by atoms with Crippen LogP contribution in [-0.4, -0.2) is 36.3 Å². The predicted octanol–water partition coefficient (Wildman–Crippen LogP) is 1.60. The fourth-order valence-electron chi connectivity index (χ4n) is 2.54. The third-order valence-electron chi connectivity index (χ3n) is 3.83. The van der Waals surface area contributed by atoms with E-state index in [0.29, 0.717) is 13.1 Å². The highest BCUT2D eigenvalue weighted by Gasteiger charge is 2.22. The minimum atomic E-state index is 0.0537. The SMILES string of the molecule is CCN(Cc1cccc(NC(=O)[C@@H]2CCNC2)c1)C(C)=O. The molecule has 0 saturated carbocycles. The predicted molar refractivity (Wildman–Crippen MR) is 82.8 cm³/mol. The zero-order chi connectivity index (χ0) is 15.2. The van der Waals surface area contributed by atoms with Crippen LogP contribution in [0.1, 0.15) is 25.8 Å². The molecule has 1 aliphatic rings. The van der Waals surface area contributed by atoms with Crippen molar-refractivity contribution >= 4 is 17.5 Å². The van der Waals surface area contributed by atoms with Gasteiger partial charge in [0.25, 0.3) is 0 Å². The van der Waals surface area contributed by atoms with E-state index in [1.54, 1.807) is 11.8 Å². The molecule has 1 aromatic carbocycles. The molecule has 1 atom stereocenters. The van der Waals surface area contributed by atoms with Crippen LogP contribution in [0.4, 0.5) is 5.69 Å². The van der Waals surface area contributed by atoms with Crippen molar-refractivity contribution in [3.05, 3.63) is 29.8 Å². The summed E-state index contributed by atoms with van der Waals surface area (Å²) in [7, 11) is 0. The second-order valence-corrected chi connectivity index (χ2v) is 5.41. The molecule has 1 fully saturated rings. The van der Waals surface area contributed by atoms with Gasteiger partial charge in [-0.2, -0.15) is 0 Å². The molecule has 0 spiro atoms. The van der Waals surface area contributed by atoms with Crippen molar-refractivity contribution < 1.29 is 9.59 Å². The average molecular weight is 289 g/mol. The first kappa shape index (κ1) is 15.5. The van der Waals surface area contributed by atoms with Gasteiger partial charge in [0, 0.05) is 32.2 Å². The van der Waals surface area contributed by atoms with E-state index in [9.17, 15) is 9.59 Å². The molecule has 5 heteroatoms. The maximum Gasteiger partial charge on any atom is 0.228 e. The summed E-state index contributed by atoms with van der Waals surface area (Å²) in [5.74, 6) is 0.179. The summed E-state index contributed by atoms with van der Waals surface area (Å²) in [5, 5.41) is 6.15. The molecular weight excluding hydrogens is 266 g/mol. The molecule has 2 rings (SSSR count). The summed E-state index contributed by atoms with van der Waals surface area (Å²) >= 11 is 0. The van der Waals surface area contributed by atoms with Gasteiger partial charge in [-0.1, -0.05) is 12.1 Å². The van der Waals surface area contributed by atoms with E-state index in [0.717, 1.165) is 30.8 Å². The van der Waals surface area contributed by atoms with Gasteiger partial charge < -0.3 is 15.5 Å². The molecule has 5 nitrogen and oxygen atoms in total. The Kier molecular flexibility index (Phi) is 5.33. The molecule has 0 bridgehead atoms. The Morgan fingerprint density at radius 2 is 2.24 bits per heavy atom. The van der Waals surface area contributed by atoms with Gasteiger partial charge in [0.15, 0.2) is 0 Å². The number of carbonyl (C=O) groups excluding carboxylic acids is 2. The number of amides is 2. The van der Waals surface area contributed by atoms with Crippen LogP contribution in [-0.2, 0) is 16.1 Å². The zero-order valence-corrected chi connectivity index (χ0v) is 12.7. The van der Waals surface area contributed by atoms with Gasteiger partial charge in [-0.3, -0.25) is 9.59 Å². The Bertz CT molecular complexity index is 510. The summed E-state index contributed by atoms with van der Waals surface area (Å²) in [6.07, 6.45) is 0.888. The molecule has 21 heavy (non-hydrogen) atoms. The maximum atomic E-state index is 12.1. The highest BCUT2D eigenvalue weighted by molar-refractivity contribution is 5.93.